The summed E-state index contributed by atoms with van der Waals surface area (Å²) in [5.41, 5.74) is 0. The zero-order valence-corrected chi connectivity index (χ0v) is 13.4. The summed E-state index contributed by atoms with van der Waals surface area (Å²) in [5, 5.41) is 0.291. The Balaban J connectivity index is 2.24. The third-order valence-corrected chi connectivity index (χ3v) is 3.80. The van der Waals surface area contributed by atoms with Gasteiger partial charge in [0.05, 0.1) is 0 Å². The van der Waals surface area contributed by atoms with Crippen molar-refractivity contribution < 1.29 is 0 Å². The molecule has 0 amide bonds. The van der Waals surface area contributed by atoms with E-state index in [1.54, 1.807) is 0 Å². The fourth-order valence-electron chi connectivity index (χ4n) is 2.27. The van der Waals surface area contributed by atoms with E-state index in [1.807, 2.05) is 0 Å². The fraction of sp³-hybridized carbons (Fsp3) is 0.786. The van der Waals surface area contributed by atoms with Gasteiger partial charge in [0.2, 0.25) is 17.2 Å². The van der Waals surface area contributed by atoms with E-state index in [0.717, 1.165) is 32.0 Å². The van der Waals surface area contributed by atoms with Crippen molar-refractivity contribution >= 4 is 23.5 Å². The lowest BCUT2D eigenvalue weighted by Crippen LogP contribution is -2.31. The number of halogens is 1. The molecule has 0 radical (unpaired) electrons. The first-order chi connectivity index (χ1) is 9.69. The number of unbranched alkanes of at least 4 members (excludes halogenated alkanes) is 1. The molecule has 1 fully saturated rings. The van der Waals surface area contributed by atoms with Gasteiger partial charge in [0.15, 0.2) is 0 Å². The normalized spacial score (nSPS) is 14.4. The molecule has 1 saturated carbocycles. The Bertz CT molecular complexity index is 432. The summed E-state index contributed by atoms with van der Waals surface area (Å²) in [6.45, 7) is 9.13. The number of aromatic nitrogens is 3. The van der Waals surface area contributed by atoms with E-state index in [4.69, 9.17) is 11.6 Å². The molecule has 0 N–H and O–H groups in total. The highest BCUT2D eigenvalue weighted by atomic mass is 35.5. The summed E-state index contributed by atoms with van der Waals surface area (Å²) in [4.78, 5) is 17.6. The summed E-state index contributed by atoms with van der Waals surface area (Å²) in [6.07, 6.45) is 4.78. The van der Waals surface area contributed by atoms with Crippen LogP contribution >= 0.6 is 11.6 Å². The van der Waals surface area contributed by atoms with Gasteiger partial charge in [-0.25, -0.2) is 0 Å². The third kappa shape index (κ3) is 3.72. The van der Waals surface area contributed by atoms with Crippen LogP contribution in [-0.2, 0) is 0 Å². The molecular formula is C14H24ClN5. The van der Waals surface area contributed by atoms with Gasteiger partial charge in [-0.05, 0) is 44.7 Å². The smallest absolute Gasteiger partial charge is 0.231 e. The fourth-order valence-corrected chi connectivity index (χ4v) is 2.42. The second-order valence-electron chi connectivity index (χ2n) is 5.15. The Kier molecular flexibility index (Phi) is 5.40. The average Bonchev–Trinajstić information content (AvgIpc) is 3.25. The highest BCUT2D eigenvalue weighted by Gasteiger charge is 2.31. The van der Waals surface area contributed by atoms with E-state index in [0.29, 0.717) is 17.3 Å². The van der Waals surface area contributed by atoms with Gasteiger partial charge in [0, 0.05) is 25.7 Å². The average molecular weight is 298 g/mol. The van der Waals surface area contributed by atoms with Gasteiger partial charge in [-0.3, -0.25) is 0 Å². The molecule has 1 aliphatic rings. The van der Waals surface area contributed by atoms with Crippen LogP contribution in [0.5, 0.6) is 0 Å². The minimum atomic E-state index is 0.291. The first-order valence-electron chi connectivity index (χ1n) is 7.62. The van der Waals surface area contributed by atoms with Crippen LogP contribution in [0.25, 0.3) is 0 Å². The van der Waals surface area contributed by atoms with Crippen LogP contribution in [0.3, 0.4) is 0 Å². The molecule has 0 unspecified atom stereocenters. The second-order valence-corrected chi connectivity index (χ2v) is 5.49. The Hall–Kier alpha value is -1.10. The molecule has 112 valence electrons. The molecule has 0 spiro atoms. The highest BCUT2D eigenvalue weighted by Crippen LogP contribution is 2.31. The van der Waals surface area contributed by atoms with Crippen molar-refractivity contribution in [3.63, 3.8) is 0 Å². The van der Waals surface area contributed by atoms with Crippen LogP contribution in [0.2, 0.25) is 5.28 Å². The maximum absolute atomic E-state index is 6.10. The van der Waals surface area contributed by atoms with E-state index >= 15 is 0 Å². The van der Waals surface area contributed by atoms with Crippen molar-refractivity contribution in [1.82, 2.24) is 15.0 Å². The molecule has 20 heavy (non-hydrogen) atoms. The Morgan fingerprint density at radius 3 is 2.25 bits per heavy atom. The van der Waals surface area contributed by atoms with Crippen LogP contribution in [0.4, 0.5) is 11.9 Å². The van der Waals surface area contributed by atoms with Gasteiger partial charge in [0.1, 0.15) is 0 Å². The minimum absolute atomic E-state index is 0.291. The van der Waals surface area contributed by atoms with Crippen LogP contribution in [0.1, 0.15) is 46.5 Å². The minimum Gasteiger partial charge on any atom is -0.341 e. The van der Waals surface area contributed by atoms with Crippen molar-refractivity contribution in [3.05, 3.63) is 5.28 Å². The van der Waals surface area contributed by atoms with E-state index in [2.05, 4.69) is 45.5 Å². The monoisotopic (exact) mass is 297 g/mol. The summed E-state index contributed by atoms with van der Waals surface area (Å²) < 4.78 is 0. The molecule has 2 rings (SSSR count). The summed E-state index contributed by atoms with van der Waals surface area (Å²) in [5.74, 6) is 1.43. The van der Waals surface area contributed by atoms with Crippen molar-refractivity contribution in [3.8, 4) is 0 Å². The third-order valence-electron chi connectivity index (χ3n) is 3.63. The summed E-state index contributed by atoms with van der Waals surface area (Å²) in [7, 11) is 0. The lowest BCUT2D eigenvalue weighted by molar-refractivity contribution is 0.688. The van der Waals surface area contributed by atoms with Gasteiger partial charge in [0.25, 0.3) is 0 Å². The number of hydrogen-bond donors (Lipinski definition) is 0. The molecule has 0 bridgehead atoms. The van der Waals surface area contributed by atoms with Gasteiger partial charge in [-0.2, -0.15) is 15.0 Å². The van der Waals surface area contributed by atoms with Crippen molar-refractivity contribution in [2.24, 2.45) is 0 Å². The number of anilines is 2. The molecule has 0 aliphatic heterocycles. The lowest BCUT2D eigenvalue weighted by Gasteiger charge is -2.24. The number of rotatable bonds is 8. The molecule has 1 heterocycles. The van der Waals surface area contributed by atoms with Crippen LogP contribution < -0.4 is 9.80 Å². The van der Waals surface area contributed by atoms with E-state index in [9.17, 15) is 0 Å². The zero-order valence-electron chi connectivity index (χ0n) is 12.6. The second kappa shape index (κ2) is 7.07. The molecule has 1 aliphatic carbocycles. The van der Waals surface area contributed by atoms with Gasteiger partial charge >= 0.3 is 0 Å². The van der Waals surface area contributed by atoms with Crippen molar-refractivity contribution in [1.29, 1.82) is 0 Å². The molecule has 1 aromatic rings. The SMILES string of the molecule is CCCCN(c1nc(Cl)nc(N(CC)CC)n1)C1CC1. The van der Waals surface area contributed by atoms with Crippen LogP contribution in [-0.4, -0.2) is 40.6 Å². The predicted molar refractivity (Wildman–Crippen MR) is 83.7 cm³/mol. The molecule has 6 heteroatoms. The van der Waals surface area contributed by atoms with E-state index in [1.165, 1.54) is 19.3 Å². The van der Waals surface area contributed by atoms with Crippen LogP contribution in [0.15, 0.2) is 0 Å². The van der Waals surface area contributed by atoms with Crippen molar-refractivity contribution in [2.45, 2.75) is 52.5 Å². The van der Waals surface area contributed by atoms with Gasteiger partial charge in [-0.15, -0.1) is 0 Å². The maximum atomic E-state index is 6.10. The maximum Gasteiger partial charge on any atom is 0.231 e. The number of nitrogens with zero attached hydrogens (tertiary/aromatic N) is 5. The molecule has 1 aromatic heterocycles. The number of hydrogen-bond acceptors (Lipinski definition) is 5. The van der Waals surface area contributed by atoms with Gasteiger partial charge in [-0.1, -0.05) is 13.3 Å². The zero-order chi connectivity index (χ0) is 14.5. The predicted octanol–water partition coefficient (Wildman–Crippen LogP) is 3.14. The van der Waals surface area contributed by atoms with E-state index < -0.39 is 0 Å². The van der Waals surface area contributed by atoms with E-state index in [-0.39, 0.29) is 0 Å². The lowest BCUT2D eigenvalue weighted by atomic mass is 10.3. The van der Waals surface area contributed by atoms with Gasteiger partial charge < -0.3 is 9.80 Å². The quantitative estimate of drug-likeness (QED) is 0.737. The topological polar surface area (TPSA) is 45.2 Å². The Labute approximate surface area is 126 Å². The Morgan fingerprint density at radius 1 is 1.05 bits per heavy atom. The molecular weight excluding hydrogens is 274 g/mol. The molecule has 0 saturated heterocycles. The molecule has 5 nitrogen and oxygen atoms in total. The molecule has 0 atom stereocenters. The largest absolute Gasteiger partial charge is 0.341 e. The highest BCUT2D eigenvalue weighted by molar-refractivity contribution is 6.28. The first-order valence-corrected chi connectivity index (χ1v) is 8.00. The summed E-state index contributed by atoms with van der Waals surface area (Å²) in [6, 6.07) is 0.588. The Morgan fingerprint density at radius 2 is 1.70 bits per heavy atom. The summed E-state index contributed by atoms with van der Waals surface area (Å²) >= 11 is 6.10. The standard InChI is InChI=1S/C14H24ClN5/c1-4-7-10-20(11-8-9-11)14-17-12(15)16-13(18-14)19(5-2)6-3/h11H,4-10H2,1-3H3. The van der Waals surface area contributed by atoms with Crippen LogP contribution in [0, 0.1) is 0 Å². The first kappa shape index (κ1) is 15.3. The van der Waals surface area contributed by atoms with Crippen molar-refractivity contribution in [2.75, 3.05) is 29.4 Å². The molecule has 0 aromatic carbocycles.